The van der Waals surface area contributed by atoms with E-state index in [1.54, 1.807) is 18.2 Å². The van der Waals surface area contributed by atoms with Gasteiger partial charge in [0.15, 0.2) is 18.5 Å². The fourth-order valence-corrected chi connectivity index (χ4v) is 2.19. The SMILES string of the molecule is CCc1ccc(OCC(=O)NNC(=O)C(C)Oc2ccccc2[N+](=O)[O-])cc1. The first kappa shape index (κ1) is 20.7. The van der Waals surface area contributed by atoms with Crippen LogP contribution in [0.2, 0.25) is 0 Å². The van der Waals surface area contributed by atoms with Gasteiger partial charge in [0, 0.05) is 6.07 Å². The number of hydrogen-bond donors (Lipinski definition) is 2. The smallest absolute Gasteiger partial charge is 0.310 e. The summed E-state index contributed by atoms with van der Waals surface area (Å²) in [5.74, 6) is -0.739. The lowest BCUT2D eigenvalue weighted by Crippen LogP contribution is -2.48. The van der Waals surface area contributed by atoms with Crippen molar-refractivity contribution in [1.82, 2.24) is 10.9 Å². The van der Waals surface area contributed by atoms with Crippen LogP contribution in [0.25, 0.3) is 0 Å². The van der Waals surface area contributed by atoms with Crippen LogP contribution >= 0.6 is 0 Å². The molecule has 0 bridgehead atoms. The number of carbonyl (C=O) groups is 2. The van der Waals surface area contributed by atoms with Gasteiger partial charge in [0.25, 0.3) is 11.8 Å². The first-order valence-electron chi connectivity index (χ1n) is 8.61. The summed E-state index contributed by atoms with van der Waals surface area (Å²) in [7, 11) is 0. The maximum atomic E-state index is 12.0. The molecule has 0 saturated heterocycles. The number of nitrogens with zero attached hydrogens (tertiary/aromatic N) is 1. The molecular weight excluding hydrogens is 366 g/mol. The Balaban J connectivity index is 1.79. The van der Waals surface area contributed by atoms with Crippen LogP contribution in [0.1, 0.15) is 19.4 Å². The Bertz CT molecular complexity index is 838. The van der Waals surface area contributed by atoms with E-state index in [2.05, 4.69) is 10.9 Å². The van der Waals surface area contributed by atoms with E-state index in [1.165, 1.54) is 25.1 Å². The Labute approximate surface area is 161 Å². The molecule has 0 aliphatic carbocycles. The minimum absolute atomic E-state index is 0.0414. The average molecular weight is 387 g/mol. The van der Waals surface area contributed by atoms with Crippen molar-refractivity contribution < 1.29 is 24.0 Å². The number of hydrazine groups is 1. The summed E-state index contributed by atoms with van der Waals surface area (Å²) in [6.45, 7) is 3.15. The molecular formula is C19H21N3O6. The highest BCUT2D eigenvalue weighted by Gasteiger charge is 2.21. The quantitative estimate of drug-likeness (QED) is 0.529. The first-order valence-corrected chi connectivity index (χ1v) is 8.61. The van der Waals surface area contributed by atoms with Crippen LogP contribution < -0.4 is 20.3 Å². The van der Waals surface area contributed by atoms with Crippen molar-refractivity contribution in [2.75, 3.05) is 6.61 Å². The van der Waals surface area contributed by atoms with Crippen LogP contribution in [0.3, 0.4) is 0 Å². The molecule has 0 saturated carbocycles. The van der Waals surface area contributed by atoms with Crippen molar-refractivity contribution >= 4 is 17.5 Å². The second-order valence-electron chi connectivity index (χ2n) is 5.81. The van der Waals surface area contributed by atoms with Crippen LogP contribution in [0.4, 0.5) is 5.69 Å². The van der Waals surface area contributed by atoms with Gasteiger partial charge < -0.3 is 9.47 Å². The van der Waals surface area contributed by atoms with Crippen LogP contribution in [0.15, 0.2) is 48.5 Å². The summed E-state index contributed by atoms with van der Waals surface area (Å²) >= 11 is 0. The molecule has 0 spiro atoms. The maximum Gasteiger partial charge on any atom is 0.310 e. The summed E-state index contributed by atoms with van der Waals surface area (Å²) in [6, 6.07) is 13.0. The number of para-hydroxylation sites is 2. The Morgan fingerprint density at radius 1 is 1.11 bits per heavy atom. The number of nitro groups is 1. The highest BCUT2D eigenvalue weighted by atomic mass is 16.6. The van der Waals surface area contributed by atoms with Gasteiger partial charge in [-0.3, -0.25) is 30.6 Å². The van der Waals surface area contributed by atoms with Crippen LogP contribution in [0, 0.1) is 10.1 Å². The van der Waals surface area contributed by atoms with Gasteiger partial charge in [0.1, 0.15) is 5.75 Å². The molecule has 0 radical (unpaired) electrons. The van der Waals surface area contributed by atoms with Gasteiger partial charge in [0.2, 0.25) is 0 Å². The lowest BCUT2D eigenvalue weighted by Gasteiger charge is -2.15. The summed E-state index contributed by atoms with van der Waals surface area (Å²) in [4.78, 5) is 34.2. The van der Waals surface area contributed by atoms with Crippen LogP contribution in [-0.4, -0.2) is 29.4 Å². The van der Waals surface area contributed by atoms with Crippen LogP contribution in [-0.2, 0) is 16.0 Å². The Morgan fingerprint density at radius 3 is 2.43 bits per heavy atom. The van der Waals surface area contributed by atoms with Crippen molar-refractivity contribution in [3.63, 3.8) is 0 Å². The normalized spacial score (nSPS) is 11.2. The molecule has 9 nitrogen and oxygen atoms in total. The molecule has 148 valence electrons. The number of nitro benzene ring substituents is 1. The van der Waals surface area contributed by atoms with Gasteiger partial charge in [-0.15, -0.1) is 0 Å². The zero-order valence-electron chi connectivity index (χ0n) is 15.5. The zero-order chi connectivity index (χ0) is 20.5. The first-order chi connectivity index (χ1) is 13.4. The van der Waals surface area contributed by atoms with E-state index in [4.69, 9.17) is 9.47 Å². The number of carbonyl (C=O) groups excluding carboxylic acids is 2. The molecule has 0 fully saturated rings. The standard InChI is InChI=1S/C19H21N3O6/c1-3-14-8-10-15(11-9-14)27-12-18(23)20-21-19(24)13(2)28-17-7-5-4-6-16(17)22(25)26/h4-11,13H,3,12H2,1-2H3,(H,20,23)(H,21,24). The molecule has 2 aromatic rings. The Morgan fingerprint density at radius 2 is 1.79 bits per heavy atom. The molecule has 0 aliphatic rings. The summed E-state index contributed by atoms with van der Waals surface area (Å²) in [5.41, 5.74) is 5.29. The Kier molecular flexibility index (Phi) is 7.32. The molecule has 1 unspecified atom stereocenters. The van der Waals surface area contributed by atoms with Gasteiger partial charge in [-0.05, 0) is 37.1 Å². The van der Waals surface area contributed by atoms with Gasteiger partial charge in [-0.2, -0.15) is 0 Å². The van der Waals surface area contributed by atoms with Gasteiger partial charge in [-0.1, -0.05) is 31.2 Å². The lowest BCUT2D eigenvalue weighted by atomic mass is 10.2. The van der Waals surface area contributed by atoms with Crippen molar-refractivity contribution in [3.8, 4) is 11.5 Å². The third-order valence-corrected chi connectivity index (χ3v) is 3.76. The van der Waals surface area contributed by atoms with E-state index in [1.807, 2.05) is 19.1 Å². The van der Waals surface area contributed by atoms with E-state index in [0.717, 1.165) is 12.0 Å². The molecule has 0 heterocycles. The lowest BCUT2D eigenvalue weighted by molar-refractivity contribution is -0.386. The van der Waals surface area contributed by atoms with Gasteiger partial charge in [-0.25, -0.2) is 0 Å². The molecule has 2 amide bonds. The second kappa shape index (κ2) is 9.91. The topological polar surface area (TPSA) is 120 Å². The molecule has 9 heteroatoms. The summed E-state index contributed by atoms with van der Waals surface area (Å²) in [6.07, 6.45) is -0.164. The average Bonchev–Trinajstić information content (AvgIpc) is 2.70. The van der Waals surface area contributed by atoms with Crippen molar-refractivity contribution in [1.29, 1.82) is 0 Å². The Hall–Kier alpha value is -3.62. The molecule has 28 heavy (non-hydrogen) atoms. The largest absolute Gasteiger partial charge is 0.484 e. The minimum atomic E-state index is -1.07. The van der Waals surface area contributed by atoms with Crippen LogP contribution in [0.5, 0.6) is 11.5 Å². The monoisotopic (exact) mass is 387 g/mol. The highest BCUT2D eigenvalue weighted by molar-refractivity contribution is 5.85. The predicted molar refractivity (Wildman–Crippen MR) is 101 cm³/mol. The maximum absolute atomic E-state index is 12.0. The van der Waals surface area contributed by atoms with E-state index in [9.17, 15) is 19.7 Å². The minimum Gasteiger partial charge on any atom is -0.484 e. The number of benzene rings is 2. The molecule has 2 rings (SSSR count). The third-order valence-electron chi connectivity index (χ3n) is 3.76. The molecule has 1 atom stereocenters. The third kappa shape index (κ3) is 5.97. The number of hydrogen-bond acceptors (Lipinski definition) is 6. The van der Waals surface area contributed by atoms with Crippen molar-refractivity contribution in [2.24, 2.45) is 0 Å². The molecule has 2 aromatic carbocycles. The predicted octanol–water partition coefficient (Wildman–Crippen LogP) is 2.15. The number of nitrogens with one attached hydrogen (secondary N) is 2. The number of ether oxygens (including phenoxy) is 2. The number of rotatable bonds is 8. The number of amides is 2. The second-order valence-corrected chi connectivity index (χ2v) is 5.81. The molecule has 2 N–H and O–H groups in total. The molecule has 0 aromatic heterocycles. The molecule has 0 aliphatic heterocycles. The highest BCUT2D eigenvalue weighted by Crippen LogP contribution is 2.26. The van der Waals surface area contributed by atoms with E-state index in [0.29, 0.717) is 5.75 Å². The van der Waals surface area contributed by atoms with Gasteiger partial charge >= 0.3 is 5.69 Å². The van der Waals surface area contributed by atoms with Crippen molar-refractivity contribution in [2.45, 2.75) is 26.4 Å². The zero-order valence-corrected chi connectivity index (χ0v) is 15.5. The van der Waals surface area contributed by atoms with E-state index in [-0.39, 0.29) is 18.0 Å². The summed E-state index contributed by atoms with van der Waals surface area (Å²) in [5, 5.41) is 11.0. The fourth-order valence-electron chi connectivity index (χ4n) is 2.19. The fraction of sp³-hybridized carbons (Fsp3) is 0.263. The summed E-state index contributed by atoms with van der Waals surface area (Å²) < 4.78 is 10.6. The van der Waals surface area contributed by atoms with Crippen molar-refractivity contribution in [3.05, 3.63) is 64.2 Å². The van der Waals surface area contributed by atoms with E-state index < -0.39 is 22.8 Å². The van der Waals surface area contributed by atoms with Gasteiger partial charge in [0.05, 0.1) is 4.92 Å². The van der Waals surface area contributed by atoms with E-state index >= 15 is 0 Å². The number of aryl methyl sites for hydroxylation is 1.